The molecule has 0 saturated carbocycles. The van der Waals surface area contributed by atoms with Crippen molar-refractivity contribution in [3.8, 4) is 5.75 Å². The molecule has 0 bridgehead atoms. The number of sulfonamides is 1. The third-order valence-electron chi connectivity index (χ3n) is 4.93. The second-order valence-corrected chi connectivity index (χ2v) is 9.73. The molecule has 0 radical (unpaired) electrons. The first kappa shape index (κ1) is 23.1. The molecule has 0 fully saturated rings. The lowest BCUT2D eigenvalue weighted by molar-refractivity contribution is -0.143. The SMILES string of the molecule is CC(C)[C@H](C(=O)O)N(CCOc1ccccc1Cl)S(=O)(=O)c1ccc2ccccc2c1. The summed E-state index contributed by atoms with van der Waals surface area (Å²) in [5, 5.41) is 11.8. The van der Waals surface area contributed by atoms with Gasteiger partial charge in [-0.1, -0.05) is 67.9 Å². The molecular weight excluding hydrogens is 438 g/mol. The zero-order chi connectivity index (χ0) is 22.6. The van der Waals surface area contributed by atoms with Gasteiger partial charge in [-0.15, -0.1) is 0 Å². The van der Waals surface area contributed by atoms with Crippen molar-refractivity contribution < 1.29 is 23.1 Å². The topological polar surface area (TPSA) is 83.9 Å². The maximum absolute atomic E-state index is 13.5. The zero-order valence-electron chi connectivity index (χ0n) is 17.2. The van der Waals surface area contributed by atoms with Crippen molar-refractivity contribution >= 4 is 38.4 Å². The number of nitrogens with zero attached hydrogens (tertiary/aromatic N) is 1. The molecule has 0 aromatic heterocycles. The van der Waals surface area contributed by atoms with Crippen LogP contribution >= 0.6 is 11.6 Å². The van der Waals surface area contributed by atoms with E-state index >= 15 is 0 Å². The third kappa shape index (κ3) is 5.18. The number of hydrogen-bond donors (Lipinski definition) is 1. The zero-order valence-corrected chi connectivity index (χ0v) is 18.8. The number of carboxylic acids is 1. The molecule has 0 amide bonds. The summed E-state index contributed by atoms with van der Waals surface area (Å²) in [7, 11) is -4.11. The minimum Gasteiger partial charge on any atom is -0.491 e. The van der Waals surface area contributed by atoms with Crippen LogP contribution in [-0.4, -0.2) is 43.0 Å². The van der Waals surface area contributed by atoms with Crippen LogP contribution in [-0.2, 0) is 14.8 Å². The van der Waals surface area contributed by atoms with E-state index in [1.807, 2.05) is 24.3 Å². The average molecular weight is 462 g/mol. The number of benzene rings is 3. The van der Waals surface area contributed by atoms with Crippen LogP contribution in [0.2, 0.25) is 5.02 Å². The smallest absolute Gasteiger partial charge is 0.322 e. The fourth-order valence-electron chi connectivity index (χ4n) is 3.42. The monoisotopic (exact) mass is 461 g/mol. The van der Waals surface area contributed by atoms with Crippen molar-refractivity contribution in [3.63, 3.8) is 0 Å². The molecule has 3 aromatic rings. The van der Waals surface area contributed by atoms with Crippen LogP contribution in [0.1, 0.15) is 13.8 Å². The summed E-state index contributed by atoms with van der Waals surface area (Å²) in [6.07, 6.45) is 0. The molecule has 1 N–H and O–H groups in total. The Bertz CT molecular complexity index is 1180. The van der Waals surface area contributed by atoms with Crippen molar-refractivity contribution in [2.75, 3.05) is 13.2 Å². The van der Waals surface area contributed by atoms with Gasteiger partial charge >= 0.3 is 5.97 Å². The quantitative estimate of drug-likeness (QED) is 0.500. The number of halogens is 1. The molecule has 6 nitrogen and oxygen atoms in total. The van der Waals surface area contributed by atoms with Gasteiger partial charge < -0.3 is 9.84 Å². The lowest BCUT2D eigenvalue weighted by Crippen LogP contribution is -2.49. The van der Waals surface area contributed by atoms with Crippen molar-refractivity contribution in [2.45, 2.75) is 24.8 Å². The molecule has 31 heavy (non-hydrogen) atoms. The first-order chi connectivity index (χ1) is 14.7. The number of rotatable bonds is 9. The van der Waals surface area contributed by atoms with Gasteiger partial charge in [-0.2, -0.15) is 4.31 Å². The van der Waals surface area contributed by atoms with E-state index in [0.717, 1.165) is 15.1 Å². The van der Waals surface area contributed by atoms with E-state index in [-0.39, 0.29) is 18.0 Å². The van der Waals surface area contributed by atoms with E-state index in [0.29, 0.717) is 10.8 Å². The molecule has 0 heterocycles. The highest BCUT2D eigenvalue weighted by atomic mass is 35.5. The van der Waals surface area contributed by atoms with E-state index in [4.69, 9.17) is 16.3 Å². The molecule has 1 atom stereocenters. The molecule has 0 saturated heterocycles. The fourth-order valence-corrected chi connectivity index (χ4v) is 5.34. The van der Waals surface area contributed by atoms with Gasteiger partial charge in [-0.05, 0) is 41.0 Å². The van der Waals surface area contributed by atoms with Gasteiger partial charge in [0, 0.05) is 6.54 Å². The minimum atomic E-state index is -4.11. The van der Waals surface area contributed by atoms with E-state index in [1.165, 1.54) is 6.07 Å². The predicted molar refractivity (Wildman–Crippen MR) is 121 cm³/mol. The Morgan fingerprint density at radius 1 is 1.03 bits per heavy atom. The highest BCUT2D eigenvalue weighted by Gasteiger charge is 2.38. The first-order valence-electron chi connectivity index (χ1n) is 9.82. The normalized spacial score (nSPS) is 12.9. The van der Waals surface area contributed by atoms with Crippen LogP contribution in [0, 0.1) is 5.92 Å². The second-order valence-electron chi connectivity index (χ2n) is 7.43. The molecule has 8 heteroatoms. The molecule has 3 aromatic carbocycles. The molecule has 164 valence electrons. The molecule has 0 aliphatic carbocycles. The van der Waals surface area contributed by atoms with Gasteiger partial charge in [0.15, 0.2) is 0 Å². The lowest BCUT2D eigenvalue weighted by atomic mass is 10.1. The summed E-state index contributed by atoms with van der Waals surface area (Å²) < 4.78 is 33.7. The maximum atomic E-state index is 13.5. The summed E-state index contributed by atoms with van der Waals surface area (Å²) >= 11 is 6.09. The highest BCUT2D eigenvalue weighted by Crippen LogP contribution is 2.27. The fraction of sp³-hybridized carbons (Fsp3) is 0.261. The molecular formula is C23H24ClNO5S. The summed E-state index contributed by atoms with van der Waals surface area (Å²) in [4.78, 5) is 12.0. The standard InChI is InChI=1S/C23H24ClNO5S/c1-16(2)22(23(26)27)25(13-14-30-21-10-6-5-9-20(21)24)31(28,29)19-12-11-17-7-3-4-8-18(17)15-19/h3-12,15-16,22H,13-14H2,1-2H3,(H,26,27)/t22-/m1/s1. The number of fused-ring (bicyclic) bond motifs is 1. The van der Waals surface area contributed by atoms with Crippen molar-refractivity contribution in [1.29, 1.82) is 0 Å². The van der Waals surface area contributed by atoms with Gasteiger partial charge in [-0.25, -0.2) is 8.42 Å². The van der Waals surface area contributed by atoms with Crippen molar-refractivity contribution in [3.05, 3.63) is 71.8 Å². The average Bonchev–Trinajstić information content (AvgIpc) is 2.73. The lowest BCUT2D eigenvalue weighted by Gasteiger charge is -2.30. The minimum absolute atomic E-state index is 0.0378. The summed E-state index contributed by atoms with van der Waals surface area (Å²) in [6, 6.07) is 17.8. The third-order valence-corrected chi connectivity index (χ3v) is 7.12. The largest absolute Gasteiger partial charge is 0.491 e. The molecule has 3 rings (SSSR count). The van der Waals surface area contributed by atoms with Crippen LogP contribution in [0.3, 0.4) is 0 Å². The van der Waals surface area contributed by atoms with Crippen LogP contribution in [0.4, 0.5) is 0 Å². The van der Waals surface area contributed by atoms with Crippen molar-refractivity contribution in [2.24, 2.45) is 5.92 Å². The highest BCUT2D eigenvalue weighted by molar-refractivity contribution is 7.89. The number of para-hydroxylation sites is 1. The summed E-state index contributed by atoms with van der Waals surface area (Å²) in [6.45, 7) is 3.16. The van der Waals surface area contributed by atoms with Crippen LogP contribution < -0.4 is 4.74 Å². The van der Waals surface area contributed by atoms with Gasteiger partial charge in [0.25, 0.3) is 0 Å². The molecule has 0 aliphatic rings. The Labute approximate surface area is 187 Å². The molecule has 0 unspecified atom stereocenters. The van der Waals surface area contributed by atoms with Gasteiger partial charge in [0.1, 0.15) is 18.4 Å². The van der Waals surface area contributed by atoms with E-state index < -0.39 is 28.0 Å². The Morgan fingerprint density at radius 3 is 2.32 bits per heavy atom. The van der Waals surface area contributed by atoms with Crippen LogP contribution in [0.5, 0.6) is 5.75 Å². The van der Waals surface area contributed by atoms with Crippen LogP contribution in [0.25, 0.3) is 10.8 Å². The van der Waals surface area contributed by atoms with E-state index in [2.05, 4.69) is 0 Å². The number of carboxylic acid groups (broad SMARTS) is 1. The summed E-state index contributed by atoms with van der Waals surface area (Å²) in [5.41, 5.74) is 0. The Balaban J connectivity index is 1.95. The number of aliphatic carboxylic acids is 1. The Morgan fingerprint density at radius 2 is 1.68 bits per heavy atom. The first-order valence-corrected chi connectivity index (χ1v) is 11.6. The Kier molecular flexibility index (Phi) is 7.20. The molecule has 0 spiro atoms. The Hall–Kier alpha value is -2.61. The number of hydrogen-bond acceptors (Lipinski definition) is 4. The van der Waals surface area contributed by atoms with E-state index in [9.17, 15) is 18.3 Å². The van der Waals surface area contributed by atoms with E-state index in [1.54, 1.807) is 50.2 Å². The van der Waals surface area contributed by atoms with Crippen molar-refractivity contribution in [1.82, 2.24) is 4.31 Å². The number of ether oxygens (including phenoxy) is 1. The second kappa shape index (κ2) is 9.68. The summed E-state index contributed by atoms with van der Waals surface area (Å²) in [5.74, 6) is -1.26. The van der Waals surface area contributed by atoms with Gasteiger partial charge in [0.2, 0.25) is 10.0 Å². The van der Waals surface area contributed by atoms with Gasteiger partial charge in [-0.3, -0.25) is 4.79 Å². The maximum Gasteiger partial charge on any atom is 0.322 e. The molecule has 0 aliphatic heterocycles. The number of carbonyl (C=O) groups is 1. The predicted octanol–water partition coefficient (Wildman–Crippen LogP) is 4.67. The van der Waals surface area contributed by atoms with Gasteiger partial charge in [0.05, 0.1) is 9.92 Å². The van der Waals surface area contributed by atoms with Crippen LogP contribution in [0.15, 0.2) is 71.6 Å².